The van der Waals surface area contributed by atoms with Crippen molar-refractivity contribution in [3.8, 4) is 22.6 Å². The third-order valence-electron chi connectivity index (χ3n) is 5.64. The van der Waals surface area contributed by atoms with Gasteiger partial charge in [-0.1, -0.05) is 56.3 Å². The highest BCUT2D eigenvalue weighted by Gasteiger charge is 2.20. The molecule has 3 aromatic carbocycles. The van der Waals surface area contributed by atoms with Gasteiger partial charge in [0.2, 0.25) is 0 Å². The third kappa shape index (κ3) is 4.32. The number of ether oxygens (including phenoxy) is 1. The fraction of sp³-hybridized carbons (Fsp3) is 0.185. The number of aryl methyl sites for hydroxylation is 1. The molecule has 4 rings (SSSR count). The Balaban J connectivity index is 1.67. The van der Waals surface area contributed by atoms with Crippen molar-refractivity contribution >= 4 is 11.6 Å². The van der Waals surface area contributed by atoms with Crippen LogP contribution in [0.15, 0.2) is 77.6 Å². The Bertz CT molecular complexity index is 1350. The molecule has 0 aliphatic rings. The average Bonchev–Trinajstić information content (AvgIpc) is 3.17. The lowest BCUT2D eigenvalue weighted by Crippen LogP contribution is -2.16. The Labute approximate surface area is 192 Å². The van der Waals surface area contributed by atoms with Crippen LogP contribution in [-0.4, -0.2) is 22.8 Å². The number of carbonyl (C=O) groups is 1. The molecule has 6 heteroatoms. The summed E-state index contributed by atoms with van der Waals surface area (Å²) in [5, 5.41) is 6.20. The fourth-order valence-electron chi connectivity index (χ4n) is 3.89. The van der Waals surface area contributed by atoms with Gasteiger partial charge in [-0.15, -0.1) is 0 Å². The van der Waals surface area contributed by atoms with Crippen molar-refractivity contribution in [2.45, 2.75) is 26.7 Å². The standard InChI is InChI=1S/C27H27N3O3/c1-17(2)25-24(27(32)30(29-25)22-11-7-5-9-18(22)3)19-13-15-20(16-14-19)28-26(31)21-10-6-8-12-23(21)33-4/h5-17,29H,1-4H3,(H,28,31). The van der Waals surface area contributed by atoms with Gasteiger partial charge in [0.1, 0.15) is 5.75 Å². The summed E-state index contributed by atoms with van der Waals surface area (Å²) in [7, 11) is 1.54. The maximum Gasteiger partial charge on any atom is 0.279 e. The van der Waals surface area contributed by atoms with Gasteiger partial charge in [-0.2, -0.15) is 0 Å². The molecular formula is C27H27N3O3. The van der Waals surface area contributed by atoms with Crippen LogP contribution in [0.3, 0.4) is 0 Å². The number of nitrogens with one attached hydrogen (secondary N) is 2. The number of benzene rings is 3. The van der Waals surface area contributed by atoms with Crippen molar-refractivity contribution in [2.75, 3.05) is 12.4 Å². The monoisotopic (exact) mass is 441 g/mol. The van der Waals surface area contributed by atoms with Crippen LogP contribution < -0.4 is 15.6 Å². The summed E-state index contributed by atoms with van der Waals surface area (Å²) in [5.74, 6) is 0.381. The topological polar surface area (TPSA) is 76.1 Å². The Morgan fingerprint density at radius 3 is 2.30 bits per heavy atom. The lowest BCUT2D eigenvalue weighted by Gasteiger charge is -2.10. The number of hydrogen-bond acceptors (Lipinski definition) is 3. The van der Waals surface area contributed by atoms with Crippen molar-refractivity contribution < 1.29 is 9.53 Å². The first-order chi connectivity index (χ1) is 15.9. The second kappa shape index (κ2) is 9.20. The normalized spacial score (nSPS) is 10.9. The zero-order chi connectivity index (χ0) is 23.5. The van der Waals surface area contributed by atoms with Crippen LogP contribution in [0.25, 0.3) is 16.8 Å². The Morgan fingerprint density at radius 1 is 0.970 bits per heavy atom. The van der Waals surface area contributed by atoms with E-state index in [1.807, 2.05) is 49.4 Å². The van der Waals surface area contributed by atoms with E-state index in [2.05, 4.69) is 24.3 Å². The molecule has 0 aliphatic heterocycles. The number of amides is 1. The van der Waals surface area contributed by atoms with E-state index in [4.69, 9.17) is 4.74 Å². The molecule has 0 radical (unpaired) electrons. The average molecular weight is 442 g/mol. The highest BCUT2D eigenvalue weighted by Crippen LogP contribution is 2.28. The molecule has 0 saturated carbocycles. The maximum absolute atomic E-state index is 13.4. The van der Waals surface area contributed by atoms with Gasteiger partial charge in [0, 0.05) is 11.4 Å². The number of nitrogens with zero attached hydrogens (tertiary/aromatic N) is 1. The second-order valence-electron chi connectivity index (χ2n) is 8.21. The summed E-state index contributed by atoms with van der Waals surface area (Å²) in [5.41, 5.74) is 5.13. The molecular weight excluding hydrogens is 414 g/mol. The largest absolute Gasteiger partial charge is 0.496 e. The van der Waals surface area contributed by atoms with Gasteiger partial charge in [0.15, 0.2) is 0 Å². The number of carbonyl (C=O) groups excluding carboxylic acids is 1. The summed E-state index contributed by atoms with van der Waals surface area (Å²) >= 11 is 0. The van der Waals surface area contributed by atoms with Gasteiger partial charge in [0.05, 0.1) is 23.9 Å². The van der Waals surface area contributed by atoms with E-state index in [0.29, 0.717) is 22.6 Å². The molecule has 0 spiro atoms. The lowest BCUT2D eigenvalue weighted by atomic mass is 9.99. The highest BCUT2D eigenvalue weighted by molar-refractivity contribution is 6.06. The van der Waals surface area contributed by atoms with Gasteiger partial charge >= 0.3 is 0 Å². The minimum absolute atomic E-state index is 0.0983. The van der Waals surface area contributed by atoms with Crippen LogP contribution in [0.2, 0.25) is 0 Å². The van der Waals surface area contributed by atoms with Crippen molar-refractivity contribution in [1.29, 1.82) is 0 Å². The molecule has 0 unspecified atom stereocenters. The van der Waals surface area contributed by atoms with E-state index in [9.17, 15) is 9.59 Å². The fourth-order valence-corrected chi connectivity index (χ4v) is 3.89. The first-order valence-electron chi connectivity index (χ1n) is 10.9. The van der Waals surface area contributed by atoms with E-state index < -0.39 is 0 Å². The zero-order valence-corrected chi connectivity index (χ0v) is 19.2. The van der Waals surface area contributed by atoms with Crippen molar-refractivity contribution in [2.24, 2.45) is 0 Å². The van der Waals surface area contributed by atoms with E-state index in [1.165, 1.54) is 7.11 Å². The molecule has 1 heterocycles. The molecule has 0 atom stereocenters. The zero-order valence-electron chi connectivity index (χ0n) is 19.2. The SMILES string of the molecule is COc1ccccc1C(=O)Nc1ccc(-c2c(C(C)C)[nH]n(-c3ccccc3C)c2=O)cc1. The third-order valence-corrected chi connectivity index (χ3v) is 5.64. The van der Waals surface area contributed by atoms with Crippen LogP contribution in [0, 0.1) is 6.92 Å². The molecule has 0 saturated heterocycles. The molecule has 0 bridgehead atoms. The predicted molar refractivity (Wildman–Crippen MR) is 132 cm³/mol. The summed E-state index contributed by atoms with van der Waals surface area (Å²) in [4.78, 5) is 26.1. The van der Waals surface area contributed by atoms with Gasteiger partial charge in [0.25, 0.3) is 11.5 Å². The molecule has 1 amide bonds. The molecule has 168 valence electrons. The summed E-state index contributed by atoms with van der Waals surface area (Å²) in [6.07, 6.45) is 0. The number of aromatic amines is 1. The number of anilines is 1. The van der Waals surface area contributed by atoms with E-state index in [0.717, 1.165) is 22.5 Å². The number of methoxy groups -OCH3 is 1. The number of para-hydroxylation sites is 2. The van der Waals surface area contributed by atoms with Crippen molar-refractivity contribution in [1.82, 2.24) is 9.78 Å². The Hall–Kier alpha value is -4.06. The van der Waals surface area contributed by atoms with Gasteiger partial charge in [-0.25, -0.2) is 4.68 Å². The van der Waals surface area contributed by atoms with Crippen molar-refractivity contribution in [3.05, 3.63) is 100.0 Å². The molecule has 6 nitrogen and oxygen atoms in total. The first kappa shape index (κ1) is 22.1. The quantitative estimate of drug-likeness (QED) is 0.413. The van der Waals surface area contributed by atoms with Gasteiger partial charge in [-0.3, -0.25) is 14.7 Å². The number of rotatable bonds is 6. The predicted octanol–water partition coefficient (Wildman–Crippen LogP) is 5.53. The molecule has 4 aromatic rings. The van der Waals surface area contributed by atoms with Crippen LogP contribution in [0.1, 0.15) is 41.4 Å². The Kier molecular flexibility index (Phi) is 6.18. The number of aromatic nitrogens is 2. The first-order valence-corrected chi connectivity index (χ1v) is 10.9. The smallest absolute Gasteiger partial charge is 0.279 e. The highest BCUT2D eigenvalue weighted by atomic mass is 16.5. The van der Waals surface area contributed by atoms with E-state index in [-0.39, 0.29) is 17.4 Å². The van der Waals surface area contributed by atoms with Crippen LogP contribution in [0.5, 0.6) is 5.75 Å². The lowest BCUT2D eigenvalue weighted by molar-refractivity contribution is 0.102. The van der Waals surface area contributed by atoms with Crippen LogP contribution in [-0.2, 0) is 0 Å². The van der Waals surface area contributed by atoms with Crippen LogP contribution in [0.4, 0.5) is 5.69 Å². The maximum atomic E-state index is 13.4. The molecule has 0 aliphatic carbocycles. The number of H-pyrrole nitrogens is 1. The summed E-state index contributed by atoms with van der Waals surface area (Å²) in [6, 6.07) is 22.2. The second-order valence-corrected chi connectivity index (χ2v) is 8.21. The van der Waals surface area contributed by atoms with Gasteiger partial charge in [-0.05, 0) is 54.3 Å². The number of hydrogen-bond donors (Lipinski definition) is 2. The van der Waals surface area contributed by atoms with Gasteiger partial charge < -0.3 is 10.1 Å². The minimum Gasteiger partial charge on any atom is -0.496 e. The molecule has 0 fully saturated rings. The van der Waals surface area contributed by atoms with E-state index in [1.54, 1.807) is 35.0 Å². The molecule has 33 heavy (non-hydrogen) atoms. The van der Waals surface area contributed by atoms with Crippen molar-refractivity contribution in [3.63, 3.8) is 0 Å². The Morgan fingerprint density at radius 2 is 1.64 bits per heavy atom. The summed E-state index contributed by atoms with van der Waals surface area (Å²) < 4.78 is 6.88. The molecule has 2 N–H and O–H groups in total. The summed E-state index contributed by atoms with van der Waals surface area (Å²) in [6.45, 7) is 6.09. The van der Waals surface area contributed by atoms with E-state index >= 15 is 0 Å². The molecule has 1 aromatic heterocycles. The van der Waals surface area contributed by atoms with Crippen LogP contribution >= 0.6 is 0 Å². The minimum atomic E-state index is -0.258.